The number of non-ortho nitro benzene ring substituents is 1. The van der Waals surface area contributed by atoms with Crippen LogP contribution in [0.15, 0.2) is 53.5 Å². The molecular formula is C16H14N2O4. The molecule has 0 aliphatic carbocycles. The molecule has 112 valence electrons. The van der Waals surface area contributed by atoms with Crippen molar-refractivity contribution in [2.75, 3.05) is 6.61 Å². The molecule has 6 heteroatoms. The number of carbonyl (C=O) groups is 1. The van der Waals surface area contributed by atoms with Crippen LogP contribution in [0, 0.1) is 10.1 Å². The monoisotopic (exact) mass is 298 g/mol. The van der Waals surface area contributed by atoms with Crippen LogP contribution in [-0.2, 0) is 4.74 Å². The number of nitro groups is 1. The summed E-state index contributed by atoms with van der Waals surface area (Å²) in [6.45, 7) is 2.25. The number of hydrogen-bond acceptors (Lipinski definition) is 5. The molecule has 0 unspecified atom stereocenters. The van der Waals surface area contributed by atoms with Crippen molar-refractivity contribution in [3.05, 3.63) is 69.8 Å². The first-order valence-corrected chi connectivity index (χ1v) is 6.65. The van der Waals surface area contributed by atoms with Gasteiger partial charge in [0.2, 0.25) is 0 Å². The minimum absolute atomic E-state index is 0.158. The Hall–Kier alpha value is -3.02. The van der Waals surface area contributed by atoms with Crippen LogP contribution in [0.2, 0.25) is 0 Å². The van der Waals surface area contributed by atoms with Gasteiger partial charge in [-0.1, -0.05) is 30.3 Å². The summed E-state index contributed by atoms with van der Waals surface area (Å²) in [6.07, 6.45) is 1.23. The topological polar surface area (TPSA) is 81.8 Å². The highest BCUT2D eigenvalue weighted by Crippen LogP contribution is 2.26. The standard InChI is InChI=1S/C16H14N2O4/c1-2-22-11-17-15-9-8-13(18(20)21)10-14(15)16(19)12-6-4-3-5-7-12/h3-11H,2H2,1H3. The van der Waals surface area contributed by atoms with E-state index in [4.69, 9.17) is 4.74 Å². The van der Waals surface area contributed by atoms with Crippen LogP contribution in [0.4, 0.5) is 11.4 Å². The minimum Gasteiger partial charge on any atom is -0.483 e. The van der Waals surface area contributed by atoms with E-state index < -0.39 is 4.92 Å². The molecule has 0 amide bonds. The largest absolute Gasteiger partial charge is 0.483 e. The summed E-state index contributed by atoms with van der Waals surface area (Å²) in [7, 11) is 0. The molecule has 0 bridgehead atoms. The van der Waals surface area contributed by atoms with Crippen LogP contribution in [0.25, 0.3) is 0 Å². The molecule has 0 saturated carbocycles. The Morgan fingerprint density at radius 1 is 1.27 bits per heavy atom. The fourth-order valence-corrected chi connectivity index (χ4v) is 1.85. The maximum Gasteiger partial charge on any atom is 0.270 e. The number of hydrogen-bond donors (Lipinski definition) is 0. The molecule has 2 aromatic rings. The second kappa shape index (κ2) is 7.12. The Morgan fingerprint density at radius 3 is 2.64 bits per heavy atom. The molecule has 6 nitrogen and oxygen atoms in total. The first-order chi connectivity index (χ1) is 10.6. The molecule has 2 rings (SSSR count). The number of benzene rings is 2. The van der Waals surface area contributed by atoms with Gasteiger partial charge in [-0.2, -0.15) is 0 Å². The lowest BCUT2D eigenvalue weighted by molar-refractivity contribution is -0.384. The van der Waals surface area contributed by atoms with Crippen molar-refractivity contribution in [1.82, 2.24) is 0 Å². The molecule has 0 atom stereocenters. The molecule has 0 N–H and O–H groups in total. The van der Waals surface area contributed by atoms with Crippen LogP contribution in [0.1, 0.15) is 22.8 Å². The van der Waals surface area contributed by atoms with Crippen molar-refractivity contribution in [1.29, 1.82) is 0 Å². The predicted octanol–water partition coefficient (Wildman–Crippen LogP) is 3.52. The molecule has 0 radical (unpaired) electrons. The lowest BCUT2D eigenvalue weighted by Gasteiger charge is -2.05. The van der Waals surface area contributed by atoms with Gasteiger partial charge in [0, 0.05) is 17.7 Å². The molecular weight excluding hydrogens is 284 g/mol. The van der Waals surface area contributed by atoms with E-state index in [2.05, 4.69) is 4.99 Å². The number of nitrogens with zero attached hydrogens (tertiary/aromatic N) is 2. The highest BCUT2D eigenvalue weighted by Gasteiger charge is 2.17. The molecule has 0 aromatic heterocycles. The quantitative estimate of drug-likeness (QED) is 0.268. The SMILES string of the molecule is CCOC=Nc1ccc([N+](=O)[O-])cc1C(=O)c1ccccc1. The van der Waals surface area contributed by atoms with Gasteiger partial charge < -0.3 is 4.74 Å². The highest BCUT2D eigenvalue weighted by molar-refractivity contribution is 6.12. The normalized spacial score (nSPS) is 10.6. The molecule has 0 saturated heterocycles. The van der Waals surface area contributed by atoms with Crippen molar-refractivity contribution in [2.45, 2.75) is 6.92 Å². The molecule has 22 heavy (non-hydrogen) atoms. The van der Waals surface area contributed by atoms with Gasteiger partial charge in [0.1, 0.15) is 0 Å². The number of rotatable bonds is 6. The van der Waals surface area contributed by atoms with Crippen LogP contribution >= 0.6 is 0 Å². The van der Waals surface area contributed by atoms with E-state index in [1.807, 2.05) is 0 Å². The third kappa shape index (κ3) is 3.54. The zero-order valence-electron chi connectivity index (χ0n) is 11.9. The van der Waals surface area contributed by atoms with E-state index in [1.54, 1.807) is 37.3 Å². The van der Waals surface area contributed by atoms with Crippen molar-refractivity contribution in [3.8, 4) is 0 Å². The second-order valence-electron chi connectivity index (χ2n) is 4.34. The third-order valence-corrected chi connectivity index (χ3v) is 2.90. The predicted molar refractivity (Wildman–Crippen MR) is 82.7 cm³/mol. The number of ketones is 1. The van der Waals surface area contributed by atoms with E-state index in [-0.39, 0.29) is 17.0 Å². The zero-order valence-corrected chi connectivity index (χ0v) is 11.9. The molecule has 0 heterocycles. The van der Waals surface area contributed by atoms with Gasteiger partial charge in [0.25, 0.3) is 5.69 Å². The van der Waals surface area contributed by atoms with E-state index in [0.29, 0.717) is 17.9 Å². The maximum atomic E-state index is 12.5. The number of carbonyl (C=O) groups excluding carboxylic acids is 1. The molecule has 2 aromatic carbocycles. The van der Waals surface area contributed by atoms with Crippen molar-refractivity contribution >= 4 is 23.6 Å². The summed E-state index contributed by atoms with van der Waals surface area (Å²) >= 11 is 0. The number of aliphatic imine (C=N–C) groups is 1. The summed E-state index contributed by atoms with van der Waals surface area (Å²) in [5.41, 5.74) is 0.773. The Balaban J connectivity index is 2.47. The van der Waals surface area contributed by atoms with Crippen LogP contribution in [0.5, 0.6) is 0 Å². The number of ether oxygens (including phenoxy) is 1. The van der Waals surface area contributed by atoms with Gasteiger partial charge in [-0.15, -0.1) is 0 Å². The lowest BCUT2D eigenvalue weighted by Crippen LogP contribution is -2.03. The molecule has 0 aliphatic heterocycles. The van der Waals surface area contributed by atoms with E-state index in [9.17, 15) is 14.9 Å². The van der Waals surface area contributed by atoms with Crippen LogP contribution < -0.4 is 0 Å². The fraction of sp³-hybridized carbons (Fsp3) is 0.125. The van der Waals surface area contributed by atoms with E-state index in [0.717, 1.165) is 0 Å². The lowest BCUT2D eigenvalue weighted by atomic mass is 10.0. The summed E-state index contributed by atoms with van der Waals surface area (Å²) in [5, 5.41) is 10.9. The summed E-state index contributed by atoms with van der Waals surface area (Å²) in [5.74, 6) is -0.326. The first kappa shape index (κ1) is 15.4. The van der Waals surface area contributed by atoms with E-state index >= 15 is 0 Å². The average Bonchev–Trinajstić information content (AvgIpc) is 2.55. The molecule has 0 aliphatic rings. The summed E-state index contributed by atoms with van der Waals surface area (Å²) in [4.78, 5) is 27.0. The minimum atomic E-state index is -0.544. The number of nitro benzene ring substituents is 1. The Labute approximate surface area is 127 Å². The Kier molecular flexibility index (Phi) is 4.98. The van der Waals surface area contributed by atoms with Gasteiger partial charge in [-0.05, 0) is 13.0 Å². The van der Waals surface area contributed by atoms with Gasteiger partial charge in [-0.3, -0.25) is 14.9 Å². The molecule has 0 fully saturated rings. The van der Waals surface area contributed by atoms with Gasteiger partial charge >= 0.3 is 0 Å². The van der Waals surface area contributed by atoms with Gasteiger partial charge in [0.15, 0.2) is 12.2 Å². The van der Waals surface area contributed by atoms with Crippen molar-refractivity contribution in [2.24, 2.45) is 4.99 Å². The smallest absolute Gasteiger partial charge is 0.270 e. The van der Waals surface area contributed by atoms with Gasteiger partial charge in [0.05, 0.1) is 22.8 Å². The van der Waals surface area contributed by atoms with Gasteiger partial charge in [-0.25, -0.2) is 4.99 Å². The molecule has 0 spiro atoms. The van der Waals surface area contributed by atoms with Crippen LogP contribution in [0.3, 0.4) is 0 Å². The summed E-state index contributed by atoms with van der Waals surface area (Å²) in [6, 6.07) is 12.5. The van der Waals surface area contributed by atoms with Crippen molar-refractivity contribution in [3.63, 3.8) is 0 Å². The fourth-order valence-electron chi connectivity index (χ4n) is 1.85. The zero-order chi connectivity index (χ0) is 15.9. The van der Waals surface area contributed by atoms with Crippen molar-refractivity contribution < 1.29 is 14.5 Å². The Morgan fingerprint density at radius 2 is 2.00 bits per heavy atom. The average molecular weight is 298 g/mol. The summed E-state index contributed by atoms with van der Waals surface area (Å²) < 4.78 is 5.02. The Bertz CT molecular complexity index is 711. The first-order valence-electron chi connectivity index (χ1n) is 6.65. The van der Waals surface area contributed by atoms with Crippen LogP contribution in [-0.4, -0.2) is 23.7 Å². The second-order valence-corrected chi connectivity index (χ2v) is 4.34. The highest BCUT2D eigenvalue weighted by atomic mass is 16.6. The maximum absolute atomic E-state index is 12.5. The van der Waals surface area contributed by atoms with E-state index in [1.165, 1.54) is 24.6 Å². The third-order valence-electron chi connectivity index (χ3n) is 2.90.